The lowest BCUT2D eigenvalue weighted by molar-refractivity contribution is -0.138. The number of carbonyl (C=O) groups is 1. The molecule has 2 aromatic rings. The number of anilines is 1. The molecule has 0 bridgehead atoms. The Hall–Kier alpha value is -1.60. The highest BCUT2D eigenvalue weighted by Crippen LogP contribution is 2.32. The number of carbonyl (C=O) groups excluding carboxylic acids is 1. The van der Waals surface area contributed by atoms with E-state index in [0.717, 1.165) is 17.4 Å². The maximum Gasteiger partial charge on any atom is 0.416 e. The number of rotatable bonds is 4. The molecule has 1 aromatic heterocycles. The number of aromatic nitrogens is 1. The molecule has 0 aliphatic carbocycles. The maximum absolute atomic E-state index is 12.8. The van der Waals surface area contributed by atoms with Gasteiger partial charge in [-0.25, -0.2) is 4.98 Å². The number of thiazole rings is 1. The van der Waals surface area contributed by atoms with Crippen LogP contribution < -0.4 is 5.32 Å². The third-order valence-electron chi connectivity index (χ3n) is 2.47. The zero-order valence-electron chi connectivity index (χ0n) is 9.87. The number of aldehydes is 1. The number of hydrogen-bond donors (Lipinski definition) is 1. The number of benzene rings is 1. The summed E-state index contributed by atoms with van der Waals surface area (Å²) in [5.41, 5.74) is -0.607. The van der Waals surface area contributed by atoms with E-state index in [-0.39, 0.29) is 22.1 Å². The zero-order valence-corrected chi connectivity index (χ0v) is 11.4. The summed E-state index contributed by atoms with van der Waals surface area (Å²) in [5, 5.41) is 3.07. The molecule has 106 valence electrons. The third kappa shape index (κ3) is 3.29. The van der Waals surface area contributed by atoms with Crippen molar-refractivity contribution in [1.82, 2.24) is 4.98 Å². The molecule has 0 aliphatic heterocycles. The van der Waals surface area contributed by atoms with Gasteiger partial charge in [-0.2, -0.15) is 13.2 Å². The minimum Gasteiger partial charge on any atom is -0.357 e. The van der Waals surface area contributed by atoms with Gasteiger partial charge >= 0.3 is 6.18 Å². The number of halogens is 4. The quantitative estimate of drug-likeness (QED) is 0.857. The Bertz CT molecular complexity index is 627. The first-order chi connectivity index (χ1) is 9.41. The molecule has 0 atom stereocenters. The van der Waals surface area contributed by atoms with E-state index in [9.17, 15) is 18.0 Å². The number of hydrogen-bond acceptors (Lipinski definition) is 4. The van der Waals surface area contributed by atoms with E-state index < -0.39 is 11.7 Å². The molecule has 0 amide bonds. The van der Waals surface area contributed by atoms with Gasteiger partial charge in [0.15, 0.2) is 16.6 Å². The average Bonchev–Trinajstić information content (AvgIpc) is 2.76. The molecule has 3 nitrogen and oxygen atoms in total. The first-order valence-electron chi connectivity index (χ1n) is 5.42. The van der Waals surface area contributed by atoms with Gasteiger partial charge in [0.2, 0.25) is 0 Å². The lowest BCUT2D eigenvalue weighted by Crippen LogP contribution is -2.11. The van der Waals surface area contributed by atoms with Gasteiger partial charge in [-0.1, -0.05) is 41.1 Å². The van der Waals surface area contributed by atoms with Gasteiger partial charge < -0.3 is 5.32 Å². The van der Waals surface area contributed by atoms with Gasteiger partial charge in [-0.3, -0.25) is 4.79 Å². The lowest BCUT2D eigenvalue weighted by Gasteiger charge is -2.12. The van der Waals surface area contributed by atoms with Crippen LogP contribution in [0.3, 0.4) is 0 Å². The van der Waals surface area contributed by atoms with Crippen LogP contribution in [0.2, 0.25) is 5.15 Å². The molecule has 0 spiro atoms. The second-order valence-electron chi connectivity index (χ2n) is 3.80. The van der Waals surface area contributed by atoms with Gasteiger partial charge in [0.25, 0.3) is 0 Å². The van der Waals surface area contributed by atoms with Crippen LogP contribution in [0.15, 0.2) is 24.3 Å². The van der Waals surface area contributed by atoms with Gasteiger partial charge in [-0.15, -0.1) is 0 Å². The van der Waals surface area contributed by atoms with Crippen molar-refractivity contribution >= 4 is 34.4 Å². The summed E-state index contributed by atoms with van der Waals surface area (Å²) >= 11 is 6.67. The number of nitrogens with zero attached hydrogens (tertiary/aromatic N) is 1. The van der Waals surface area contributed by atoms with Crippen LogP contribution in [-0.4, -0.2) is 11.3 Å². The predicted octanol–water partition coefficient (Wildman–Crippen LogP) is 4.24. The highest BCUT2D eigenvalue weighted by molar-refractivity contribution is 7.17. The van der Waals surface area contributed by atoms with Crippen LogP contribution in [0.5, 0.6) is 0 Å². The molecule has 0 unspecified atom stereocenters. The fraction of sp³-hybridized carbons (Fsp3) is 0.167. The van der Waals surface area contributed by atoms with Crippen molar-refractivity contribution in [3.05, 3.63) is 45.4 Å². The summed E-state index contributed by atoms with van der Waals surface area (Å²) < 4.78 is 38.4. The molecule has 0 saturated carbocycles. The Morgan fingerprint density at radius 2 is 2.05 bits per heavy atom. The Morgan fingerprint density at radius 1 is 1.35 bits per heavy atom. The number of nitrogens with one attached hydrogen (secondary N) is 1. The van der Waals surface area contributed by atoms with Crippen LogP contribution in [0.25, 0.3) is 0 Å². The number of alkyl halides is 3. The van der Waals surface area contributed by atoms with Gasteiger partial charge in [0.05, 0.1) is 5.56 Å². The van der Waals surface area contributed by atoms with Crippen LogP contribution in [0, 0.1) is 0 Å². The van der Waals surface area contributed by atoms with Crippen molar-refractivity contribution in [3.63, 3.8) is 0 Å². The van der Waals surface area contributed by atoms with E-state index in [1.165, 1.54) is 18.2 Å². The molecule has 20 heavy (non-hydrogen) atoms. The Morgan fingerprint density at radius 3 is 2.65 bits per heavy atom. The Labute approximate surface area is 121 Å². The van der Waals surface area contributed by atoms with Crippen molar-refractivity contribution in [2.45, 2.75) is 12.7 Å². The van der Waals surface area contributed by atoms with Crippen LogP contribution >= 0.6 is 22.9 Å². The molecule has 2 rings (SSSR count). The summed E-state index contributed by atoms with van der Waals surface area (Å²) in [4.78, 5) is 14.7. The van der Waals surface area contributed by atoms with Crippen molar-refractivity contribution in [2.24, 2.45) is 0 Å². The highest BCUT2D eigenvalue weighted by Gasteiger charge is 2.32. The predicted molar refractivity (Wildman–Crippen MR) is 71.3 cm³/mol. The first-order valence-corrected chi connectivity index (χ1v) is 6.61. The van der Waals surface area contributed by atoms with Crippen LogP contribution in [-0.2, 0) is 12.7 Å². The summed E-state index contributed by atoms with van der Waals surface area (Å²) in [6.07, 6.45) is -3.86. The summed E-state index contributed by atoms with van der Waals surface area (Å²) in [7, 11) is 0. The topological polar surface area (TPSA) is 42.0 Å². The monoisotopic (exact) mass is 320 g/mol. The SMILES string of the molecule is O=Cc1sc(NCc2ccccc2C(F)(F)F)nc1Cl. The summed E-state index contributed by atoms with van der Waals surface area (Å²) in [5.74, 6) is 0. The van der Waals surface area contributed by atoms with Crippen molar-refractivity contribution in [1.29, 1.82) is 0 Å². The lowest BCUT2D eigenvalue weighted by atomic mass is 10.1. The summed E-state index contributed by atoms with van der Waals surface area (Å²) in [6.45, 7) is -0.0577. The summed E-state index contributed by atoms with van der Waals surface area (Å²) in [6, 6.07) is 5.25. The molecule has 0 fully saturated rings. The van der Waals surface area contributed by atoms with Crippen molar-refractivity contribution in [2.75, 3.05) is 5.32 Å². The van der Waals surface area contributed by atoms with Gasteiger partial charge in [0, 0.05) is 6.54 Å². The molecule has 1 heterocycles. The molecular formula is C12H8ClF3N2OS. The van der Waals surface area contributed by atoms with E-state index in [4.69, 9.17) is 11.6 Å². The van der Waals surface area contributed by atoms with E-state index in [2.05, 4.69) is 10.3 Å². The fourth-order valence-corrected chi connectivity index (χ4v) is 2.55. The average molecular weight is 321 g/mol. The standard InChI is InChI=1S/C12H8ClF3N2OS/c13-10-9(6-19)20-11(18-10)17-5-7-3-1-2-4-8(7)12(14,15)16/h1-4,6H,5H2,(H,17,18). The second-order valence-corrected chi connectivity index (χ2v) is 5.19. The Balaban J connectivity index is 2.17. The molecule has 0 saturated heterocycles. The minimum atomic E-state index is -4.41. The molecular weight excluding hydrogens is 313 g/mol. The fourth-order valence-electron chi connectivity index (χ4n) is 1.58. The van der Waals surface area contributed by atoms with E-state index in [0.29, 0.717) is 11.4 Å². The smallest absolute Gasteiger partial charge is 0.357 e. The van der Waals surface area contributed by atoms with Crippen LogP contribution in [0.4, 0.5) is 18.3 Å². The largest absolute Gasteiger partial charge is 0.416 e. The van der Waals surface area contributed by atoms with Crippen molar-refractivity contribution in [3.8, 4) is 0 Å². The first kappa shape index (κ1) is 14.8. The maximum atomic E-state index is 12.8. The molecule has 1 N–H and O–H groups in total. The highest BCUT2D eigenvalue weighted by atomic mass is 35.5. The zero-order chi connectivity index (χ0) is 14.8. The molecule has 8 heteroatoms. The third-order valence-corrected chi connectivity index (χ3v) is 3.81. The normalized spacial score (nSPS) is 11.4. The molecule has 0 radical (unpaired) electrons. The van der Waals surface area contributed by atoms with E-state index in [1.807, 2.05) is 0 Å². The molecule has 0 aliphatic rings. The van der Waals surface area contributed by atoms with Crippen molar-refractivity contribution < 1.29 is 18.0 Å². The van der Waals surface area contributed by atoms with Gasteiger partial charge in [-0.05, 0) is 11.6 Å². The second kappa shape index (κ2) is 5.80. The van der Waals surface area contributed by atoms with Gasteiger partial charge in [0.1, 0.15) is 4.88 Å². The molecule has 1 aromatic carbocycles. The van der Waals surface area contributed by atoms with E-state index in [1.54, 1.807) is 0 Å². The van der Waals surface area contributed by atoms with Crippen LogP contribution in [0.1, 0.15) is 20.8 Å². The Kier molecular flexibility index (Phi) is 4.29. The van der Waals surface area contributed by atoms with E-state index >= 15 is 0 Å². The minimum absolute atomic E-state index is 0.0385.